The Labute approximate surface area is 160 Å². The number of quaternary nitrogens is 1. The van der Waals surface area contributed by atoms with Gasteiger partial charge in [-0.3, -0.25) is 0 Å². The zero-order valence-corrected chi connectivity index (χ0v) is 16.1. The Balaban J connectivity index is 1.48. The molecule has 4 rings (SSSR count). The molecule has 5 nitrogen and oxygen atoms in total. The minimum Gasteiger partial charge on any atom is -0.348 e. The number of thioether (sulfide) groups is 1. The molecule has 0 bridgehead atoms. The number of aryl methyl sites for hydroxylation is 1. The van der Waals surface area contributed by atoms with Crippen molar-refractivity contribution in [3.63, 3.8) is 0 Å². The Morgan fingerprint density at radius 3 is 2.58 bits per heavy atom. The van der Waals surface area contributed by atoms with Gasteiger partial charge in [0.15, 0.2) is 10.4 Å². The molecule has 7 heteroatoms. The second-order valence-corrected chi connectivity index (χ2v) is 8.46. The van der Waals surface area contributed by atoms with E-state index in [9.17, 15) is 0 Å². The first-order valence-corrected chi connectivity index (χ1v) is 10.3. The van der Waals surface area contributed by atoms with Gasteiger partial charge in [-0.15, -0.1) is 15.3 Å². The largest absolute Gasteiger partial charge is 0.348 e. The fourth-order valence-corrected chi connectivity index (χ4v) is 4.59. The van der Waals surface area contributed by atoms with Crippen LogP contribution < -0.4 is 5.73 Å². The number of rotatable bonds is 6. The molecule has 0 aliphatic heterocycles. The van der Waals surface area contributed by atoms with E-state index in [1.165, 1.54) is 16.7 Å². The molecule has 4 aromatic rings. The summed E-state index contributed by atoms with van der Waals surface area (Å²) in [7, 11) is 0. The molecule has 26 heavy (non-hydrogen) atoms. The first-order chi connectivity index (χ1) is 12.7. The second kappa shape index (κ2) is 7.57. The minimum absolute atomic E-state index is 0.0180. The van der Waals surface area contributed by atoms with E-state index in [0.717, 1.165) is 27.3 Å². The fourth-order valence-electron chi connectivity index (χ4n) is 2.75. The summed E-state index contributed by atoms with van der Waals surface area (Å²) in [5, 5.41) is 13.3. The van der Waals surface area contributed by atoms with Crippen LogP contribution in [0.2, 0.25) is 0 Å². The van der Waals surface area contributed by atoms with Crippen molar-refractivity contribution in [3.05, 3.63) is 77.1 Å². The molecule has 132 valence electrons. The molecule has 1 atom stereocenters. The first-order valence-electron chi connectivity index (χ1n) is 8.46. The van der Waals surface area contributed by atoms with Crippen molar-refractivity contribution in [2.45, 2.75) is 29.5 Å². The highest BCUT2D eigenvalue weighted by atomic mass is 32.2. The van der Waals surface area contributed by atoms with Crippen LogP contribution in [0.1, 0.15) is 28.6 Å². The summed E-state index contributed by atoms with van der Waals surface area (Å²) in [6.07, 6.45) is 0.824. The van der Waals surface area contributed by atoms with Crippen LogP contribution in [0.3, 0.4) is 0 Å². The lowest BCUT2D eigenvalue weighted by Crippen LogP contribution is -2.55. The monoisotopic (exact) mass is 382 g/mol. The lowest BCUT2D eigenvalue weighted by atomic mass is 10.1. The number of hydrogen-bond donors (Lipinski definition) is 1. The molecule has 0 spiro atoms. The van der Waals surface area contributed by atoms with Crippen LogP contribution in [-0.4, -0.2) is 19.8 Å². The topological polar surface area (TPSA) is 70.7 Å². The summed E-state index contributed by atoms with van der Waals surface area (Å²) in [6, 6.07) is 19.0. The Hall–Kier alpha value is -2.22. The van der Waals surface area contributed by atoms with Crippen LogP contribution in [-0.2, 0) is 12.2 Å². The van der Waals surface area contributed by atoms with Gasteiger partial charge in [-0.25, -0.2) is 0 Å². The van der Waals surface area contributed by atoms with Gasteiger partial charge >= 0.3 is 0 Å². The molecule has 0 aliphatic carbocycles. The Morgan fingerprint density at radius 2 is 1.81 bits per heavy atom. The summed E-state index contributed by atoms with van der Waals surface area (Å²) < 4.78 is 2.85. The SMILES string of the molecule is Cc1ccc(CSc2nn3c([C@@H]([NH3+])Cc4ccccc4)nnc3s2)cc1. The van der Waals surface area contributed by atoms with Gasteiger partial charge in [0.25, 0.3) is 0 Å². The van der Waals surface area contributed by atoms with Crippen LogP contribution >= 0.6 is 23.1 Å². The number of nitrogens with zero attached hydrogens (tertiary/aromatic N) is 4. The van der Waals surface area contributed by atoms with Crippen molar-refractivity contribution >= 4 is 28.1 Å². The molecule has 2 aromatic heterocycles. The molecule has 0 unspecified atom stereocenters. The maximum atomic E-state index is 4.70. The number of hydrogen-bond acceptors (Lipinski definition) is 5. The Morgan fingerprint density at radius 1 is 1.04 bits per heavy atom. The summed E-state index contributed by atoms with van der Waals surface area (Å²) in [5.74, 6) is 1.72. The van der Waals surface area contributed by atoms with Crippen molar-refractivity contribution in [1.82, 2.24) is 19.8 Å². The second-order valence-electron chi connectivity index (χ2n) is 6.28. The Kier molecular flexibility index (Phi) is 5.01. The predicted molar refractivity (Wildman–Crippen MR) is 105 cm³/mol. The number of benzene rings is 2. The van der Waals surface area contributed by atoms with Gasteiger partial charge in [-0.05, 0) is 18.1 Å². The van der Waals surface area contributed by atoms with E-state index in [-0.39, 0.29) is 6.04 Å². The van der Waals surface area contributed by atoms with Crippen LogP contribution in [0, 0.1) is 6.92 Å². The molecule has 0 saturated heterocycles. The lowest BCUT2D eigenvalue weighted by Gasteiger charge is -2.05. The maximum Gasteiger partial charge on any atom is 0.235 e. The maximum absolute atomic E-state index is 4.70. The van der Waals surface area contributed by atoms with E-state index in [0.29, 0.717) is 0 Å². The van der Waals surface area contributed by atoms with Gasteiger partial charge in [0.2, 0.25) is 10.8 Å². The summed E-state index contributed by atoms with van der Waals surface area (Å²) in [4.78, 5) is 0.827. The van der Waals surface area contributed by atoms with Crippen molar-refractivity contribution in [1.29, 1.82) is 0 Å². The van der Waals surface area contributed by atoms with Gasteiger partial charge in [-0.2, -0.15) is 4.52 Å². The molecule has 0 amide bonds. The van der Waals surface area contributed by atoms with E-state index >= 15 is 0 Å². The smallest absolute Gasteiger partial charge is 0.235 e. The highest BCUT2D eigenvalue weighted by molar-refractivity contribution is 8.00. The highest BCUT2D eigenvalue weighted by Gasteiger charge is 2.21. The van der Waals surface area contributed by atoms with E-state index in [4.69, 9.17) is 5.10 Å². The van der Waals surface area contributed by atoms with Gasteiger partial charge < -0.3 is 5.73 Å². The van der Waals surface area contributed by atoms with Crippen LogP contribution in [0.4, 0.5) is 0 Å². The quantitative estimate of drug-likeness (QED) is 0.519. The molecule has 0 radical (unpaired) electrons. The van der Waals surface area contributed by atoms with Gasteiger partial charge in [0, 0.05) is 12.2 Å². The van der Waals surface area contributed by atoms with Gasteiger partial charge in [0.05, 0.1) is 0 Å². The zero-order chi connectivity index (χ0) is 17.9. The van der Waals surface area contributed by atoms with E-state index in [1.54, 1.807) is 23.1 Å². The molecule has 2 heterocycles. The minimum atomic E-state index is 0.0180. The molecule has 0 saturated carbocycles. The van der Waals surface area contributed by atoms with Crippen LogP contribution in [0.15, 0.2) is 58.9 Å². The van der Waals surface area contributed by atoms with Crippen LogP contribution in [0.25, 0.3) is 4.96 Å². The molecular formula is C19H20N5S2+. The van der Waals surface area contributed by atoms with Crippen LogP contribution in [0.5, 0.6) is 0 Å². The van der Waals surface area contributed by atoms with E-state index < -0.39 is 0 Å². The first kappa shape index (κ1) is 17.2. The third-order valence-corrected chi connectivity index (χ3v) is 6.27. The van der Waals surface area contributed by atoms with Gasteiger partial charge in [0.1, 0.15) is 0 Å². The fraction of sp³-hybridized carbons (Fsp3) is 0.211. The average Bonchev–Trinajstić information content (AvgIpc) is 3.22. The van der Waals surface area contributed by atoms with Crippen molar-refractivity contribution in [2.24, 2.45) is 0 Å². The normalized spacial score (nSPS) is 12.5. The van der Waals surface area contributed by atoms with Crippen molar-refractivity contribution in [3.8, 4) is 0 Å². The molecule has 3 N–H and O–H groups in total. The molecule has 0 aliphatic rings. The Bertz CT molecular complexity index is 992. The number of aromatic nitrogens is 4. The third kappa shape index (κ3) is 3.80. The predicted octanol–water partition coefficient (Wildman–Crippen LogP) is 3.31. The van der Waals surface area contributed by atoms with Crippen molar-refractivity contribution in [2.75, 3.05) is 0 Å². The lowest BCUT2D eigenvalue weighted by molar-refractivity contribution is -0.428. The van der Waals surface area contributed by atoms with E-state index in [1.807, 2.05) is 22.7 Å². The van der Waals surface area contributed by atoms with Crippen molar-refractivity contribution < 1.29 is 5.73 Å². The zero-order valence-electron chi connectivity index (χ0n) is 14.5. The van der Waals surface area contributed by atoms with E-state index in [2.05, 4.69) is 59.3 Å². The summed E-state index contributed by atoms with van der Waals surface area (Å²) >= 11 is 3.31. The molecular weight excluding hydrogens is 362 g/mol. The average molecular weight is 383 g/mol. The molecule has 0 fully saturated rings. The summed E-state index contributed by atoms with van der Waals surface area (Å²) in [6.45, 7) is 2.10. The third-order valence-electron chi connectivity index (χ3n) is 4.17. The summed E-state index contributed by atoms with van der Waals surface area (Å²) in [5.41, 5.74) is 8.09. The standard InChI is InChI=1S/C19H19N5S2/c1-13-7-9-15(10-8-13)12-25-19-23-24-17(21-22-18(24)26-19)16(20)11-14-5-3-2-4-6-14/h2-10,16H,11-12,20H2,1H3/p+1/t16-/m0/s1. The number of fused-ring (bicyclic) bond motifs is 1. The highest BCUT2D eigenvalue weighted by Crippen LogP contribution is 2.28. The molecule has 2 aromatic carbocycles. The van der Waals surface area contributed by atoms with Gasteiger partial charge in [-0.1, -0.05) is 83.3 Å².